The summed E-state index contributed by atoms with van der Waals surface area (Å²) in [6, 6.07) is 6.46. The van der Waals surface area contributed by atoms with E-state index in [1.165, 1.54) is 4.90 Å². The van der Waals surface area contributed by atoms with Crippen LogP contribution in [0.5, 0.6) is 0 Å². The Morgan fingerprint density at radius 1 is 1.16 bits per heavy atom. The van der Waals surface area contributed by atoms with Crippen LogP contribution in [0.4, 0.5) is 4.79 Å². The molecule has 104 valence electrons. The third-order valence-corrected chi connectivity index (χ3v) is 3.03. The van der Waals surface area contributed by atoms with E-state index in [0.29, 0.717) is 5.56 Å². The number of Topliss-reactive ketones (excluding diaryl/α,β-unsaturated/α-hetero) is 1. The van der Waals surface area contributed by atoms with Gasteiger partial charge in [-0.3, -0.25) is 9.69 Å². The van der Waals surface area contributed by atoms with Gasteiger partial charge in [0, 0.05) is 11.1 Å². The lowest BCUT2D eigenvalue weighted by atomic mass is 9.98. The molecule has 0 aromatic heterocycles. The highest BCUT2D eigenvalue weighted by Gasteiger charge is 2.34. The highest BCUT2D eigenvalue weighted by atomic mass is 16.4. The second-order valence-corrected chi connectivity index (χ2v) is 5.73. The van der Waals surface area contributed by atoms with E-state index in [4.69, 9.17) is 0 Å². The van der Waals surface area contributed by atoms with Crippen LogP contribution in [0.25, 0.3) is 0 Å². The van der Waals surface area contributed by atoms with E-state index in [1.807, 2.05) is 19.1 Å². The Morgan fingerprint density at radius 3 is 2.00 bits per heavy atom. The van der Waals surface area contributed by atoms with Crippen LogP contribution in [0.15, 0.2) is 24.3 Å². The minimum atomic E-state index is -1.08. The van der Waals surface area contributed by atoms with Crippen LogP contribution in [0.1, 0.15) is 43.6 Å². The molecule has 1 aromatic rings. The molecule has 4 heteroatoms. The van der Waals surface area contributed by atoms with Gasteiger partial charge in [-0.05, 0) is 34.6 Å². The summed E-state index contributed by atoms with van der Waals surface area (Å²) in [7, 11) is 0. The largest absolute Gasteiger partial charge is 0.465 e. The summed E-state index contributed by atoms with van der Waals surface area (Å²) in [4.78, 5) is 24.9. The first-order valence-electron chi connectivity index (χ1n) is 6.27. The summed E-state index contributed by atoms with van der Waals surface area (Å²) >= 11 is 0. The van der Waals surface area contributed by atoms with E-state index in [-0.39, 0.29) is 5.78 Å². The van der Waals surface area contributed by atoms with E-state index in [1.54, 1.807) is 39.8 Å². The Hall–Kier alpha value is -1.84. The molecule has 1 amide bonds. The quantitative estimate of drug-likeness (QED) is 0.851. The van der Waals surface area contributed by atoms with Crippen molar-refractivity contribution in [1.82, 2.24) is 4.90 Å². The highest BCUT2D eigenvalue weighted by molar-refractivity contribution is 6.01. The Morgan fingerprint density at radius 2 is 1.63 bits per heavy atom. The maximum absolute atomic E-state index is 12.3. The Balaban J connectivity index is 3.04. The van der Waals surface area contributed by atoms with Crippen LogP contribution < -0.4 is 0 Å². The minimum absolute atomic E-state index is 0.183. The molecule has 0 spiro atoms. The van der Waals surface area contributed by atoms with Gasteiger partial charge >= 0.3 is 6.09 Å². The molecule has 4 nitrogen and oxygen atoms in total. The lowest BCUT2D eigenvalue weighted by Crippen LogP contribution is -2.52. The zero-order valence-electron chi connectivity index (χ0n) is 12.1. The molecule has 0 unspecified atom stereocenters. The standard InChI is InChI=1S/C15H21NO3/c1-10-6-8-12(9-7-10)13(17)11(2)16(14(18)19)15(3,4)5/h6-9,11H,1-5H3,(H,18,19)/t11-/m0/s1. The van der Waals surface area contributed by atoms with Gasteiger partial charge in [0.15, 0.2) is 5.78 Å². The number of nitrogens with zero attached hydrogens (tertiary/aromatic N) is 1. The van der Waals surface area contributed by atoms with E-state index < -0.39 is 17.7 Å². The molecule has 1 rings (SSSR count). The van der Waals surface area contributed by atoms with Crippen LogP contribution in [0.3, 0.4) is 0 Å². The van der Waals surface area contributed by atoms with Crippen molar-refractivity contribution in [2.45, 2.75) is 46.2 Å². The average Bonchev–Trinajstić information content (AvgIpc) is 2.26. The molecule has 0 radical (unpaired) electrons. The molecule has 1 aromatic carbocycles. The third-order valence-electron chi connectivity index (χ3n) is 3.03. The normalized spacial score (nSPS) is 12.9. The summed E-state index contributed by atoms with van der Waals surface area (Å²) in [6.45, 7) is 8.90. The number of hydrogen-bond acceptors (Lipinski definition) is 2. The molecule has 19 heavy (non-hydrogen) atoms. The van der Waals surface area contributed by atoms with Gasteiger partial charge in [0.05, 0.1) is 6.04 Å². The molecule has 0 fully saturated rings. The number of carbonyl (C=O) groups excluding carboxylic acids is 1. The monoisotopic (exact) mass is 263 g/mol. The summed E-state index contributed by atoms with van der Waals surface area (Å²) in [5.41, 5.74) is 0.981. The molecule has 0 aliphatic carbocycles. The van der Waals surface area contributed by atoms with Crippen LogP contribution in [-0.2, 0) is 0 Å². The van der Waals surface area contributed by atoms with Crippen molar-refractivity contribution in [1.29, 1.82) is 0 Å². The number of amides is 1. The molecule has 0 heterocycles. The second-order valence-electron chi connectivity index (χ2n) is 5.73. The first kappa shape index (κ1) is 15.2. The maximum atomic E-state index is 12.3. The number of ketones is 1. The Kier molecular flexibility index (Phi) is 4.35. The van der Waals surface area contributed by atoms with Gasteiger partial charge < -0.3 is 5.11 Å². The van der Waals surface area contributed by atoms with Crippen molar-refractivity contribution in [2.75, 3.05) is 0 Å². The number of rotatable bonds is 3. The maximum Gasteiger partial charge on any atom is 0.408 e. The fourth-order valence-corrected chi connectivity index (χ4v) is 2.11. The van der Waals surface area contributed by atoms with Gasteiger partial charge in [-0.2, -0.15) is 0 Å². The topological polar surface area (TPSA) is 57.6 Å². The van der Waals surface area contributed by atoms with E-state index >= 15 is 0 Å². The van der Waals surface area contributed by atoms with Crippen LogP contribution in [0.2, 0.25) is 0 Å². The van der Waals surface area contributed by atoms with E-state index in [0.717, 1.165) is 5.56 Å². The molecule has 0 aliphatic rings. The van der Waals surface area contributed by atoms with Crippen molar-refractivity contribution in [2.24, 2.45) is 0 Å². The van der Waals surface area contributed by atoms with Gasteiger partial charge in [-0.25, -0.2) is 4.79 Å². The van der Waals surface area contributed by atoms with Gasteiger partial charge in [0.1, 0.15) is 0 Å². The summed E-state index contributed by atoms with van der Waals surface area (Å²) in [5.74, 6) is -0.183. The van der Waals surface area contributed by atoms with E-state index in [2.05, 4.69) is 0 Å². The molecular formula is C15H21NO3. The molecule has 1 N–H and O–H groups in total. The average molecular weight is 263 g/mol. The summed E-state index contributed by atoms with van der Waals surface area (Å²) in [6.07, 6.45) is -1.08. The lowest BCUT2D eigenvalue weighted by molar-refractivity contribution is 0.0589. The highest BCUT2D eigenvalue weighted by Crippen LogP contribution is 2.20. The smallest absolute Gasteiger partial charge is 0.408 e. The van der Waals surface area contributed by atoms with Gasteiger partial charge in [-0.15, -0.1) is 0 Å². The van der Waals surface area contributed by atoms with Crippen molar-refractivity contribution in [3.8, 4) is 0 Å². The fraction of sp³-hybridized carbons (Fsp3) is 0.467. The first-order valence-corrected chi connectivity index (χ1v) is 6.27. The molecule has 0 saturated heterocycles. The second kappa shape index (κ2) is 5.43. The molecule has 0 bridgehead atoms. The molecule has 0 saturated carbocycles. The first-order chi connectivity index (χ1) is 8.64. The van der Waals surface area contributed by atoms with Gasteiger partial charge in [-0.1, -0.05) is 29.8 Å². The third kappa shape index (κ3) is 3.56. The molecule has 0 aliphatic heterocycles. The number of benzene rings is 1. The zero-order chi connectivity index (χ0) is 14.8. The predicted octanol–water partition coefficient (Wildman–Crippen LogP) is 3.34. The number of carboxylic acid groups (broad SMARTS) is 1. The number of hydrogen-bond donors (Lipinski definition) is 1. The van der Waals surface area contributed by atoms with Crippen LogP contribution >= 0.6 is 0 Å². The predicted molar refractivity (Wildman–Crippen MR) is 74.6 cm³/mol. The van der Waals surface area contributed by atoms with Gasteiger partial charge in [0.2, 0.25) is 0 Å². The zero-order valence-corrected chi connectivity index (χ0v) is 12.1. The van der Waals surface area contributed by atoms with E-state index in [9.17, 15) is 14.7 Å². The van der Waals surface area contributed by atoms with Crippen LogP contribution in [-0.4, -0.2) is 33.5 Å². The summed E-state index contributed by atoms with van der Waals surface area (Å²) in [5, 5.41) is 9.29. The fourth-order valence-electron chi connectivity index (χ4n) is 2.11. The van der Waals surface area contributed by atoms with Crippen molar-refractivity contribution in [3.63, 3.8) is 0 Å². The van der Waals surface area contributed by atoms with Gasteiger partial charge in [0.25, 0.3) is 0 Å². The number of carbonyl (C=O) groups is 2. The van der Waals surface area contributed by atoms with Crippen molar-refractivity contribution in [3.05, 3.63) is 35.4 Å². The number of aryl methyl sites for hydroxylation is 1. The summed E-state index contributed by atoms with van der Waals surface area (Å²) < 4.78 is 0. The Labute approximate surface area is 114 Å². The molecular weight excluding hydrogens is 242 g/mol. The lowest BCUT2D eigenvalue weighted by Gasteiger charge is -2.37. The minimum Gasteiger partial charge on any atom is -0.465 e. The van der Waals surface area contributed by atoms with Crippen LogP contribution in [0, 0.1) is 6.92 Å². The SMILES string of the molecule is Cc1ccc(C(=O)[C@H](C)N(C(=O)O)C(C)(C)C)cc1. The van der Waals surface area contributed by atoms with Crippen molar-refractivity contribution < 1.29 is 14.7 Å². The Bertz CT molecular complexity index is 471. The van der Waals surface area contributed by atoms with Crippen molar-refractivity contribution >= 4 is 11.9 Å². The molecule has 1 atom stereocenters.